The first-order valence-electron chi connectivity index (χ1n) is 13.9. The van der Waals surface area contributed by atoms with Crippen LogP contribution in [0.3, 0.4) is 0 Å². The van der Waals surface area contributed by atoms with Crippen LogP contribution in [-0.2, 0) is 30.5 Å². The van der Waals surface area contributed by atoms with Gasteiger partial charge in [-0.15, -0.1) is 13.2 Å². The Hall–Kier alpha value is -4.26. The van der Waals surface area contributed by atoms with Crippen molar-refractivity contribution < 1.29 is 45.4 Å². The first kappa shape index (κ1) is 31.2. The van der Waals surface area contributed by atoms with Gasteiger partial charge in [0.15, 0.2) is 0 Å². The normalized spacial score (nSPS) is 17.0. The fourth-order valence-corrected chi connectivity index (χ4v) is 5.33. The van der Waals surface area contributed by atoms with Crippen LogP contribution in [0.25, 0.3) is 0 Å². The second kappa shape index (κ2) is 12.4. The molecule has 0 aromatic heterocycles. The standard InChI is InChI=1S/C31H29F6N3O4/c32-30(33,34)25-9-3-22(4-10-25)18-39-15-13-29(14-16-39)20-40(28(42)44-29)19-23-1-7-24(8-2-23)27(41)38-17-21-5-11-26(12-6-21)43-31(35,36)37/h1-12H,13-20H2,(H,38,41). The Morgan fingerprint density at radius 3 is 1.98 bits per heavy atom. The quantitative estimate of drug-likeness (QED) is 0.290. The van der Waals surface area contributed by atoms with Gasteiger partial charge in [-0.05, 0) is 53.1 Å². The Balaban J connectivity index is 1.08. The van der Waals surface area contributed by atoms with E-state index in [0.717, 1.165) is 23.3 Å². The second-order valence-electron chi connectivity index (χ2n) is 10.9. The summed E-state index contributed by atoms with van der Waals surface area (Å²) < 4.78 is 85.0. The van der Waals surface area contributed by atoms with Crippen molar-refractivity contribution in [1.29, 1.82) is 0 Å². The van der Waals surface area contributed by atoms with Crippen LogP contribution >= 0.6 is 0 Å². The van der Waals surface area contributed by atoms with Gasteiger partial charge in [0.05, 0.1) is 12.1 Å². The van der Waals surface area contributed by atoms with Gasteiger partial charge in [-0.1, -0.05) is 36.4 Å². The van der Waals surface area contributed by atoms with E-state index in [1.165, 1.54) is 36.4 Å². The number of benzene rings is 3. The average Bonchev–Trinajstić information content (AvgIpc) is 3.27. The van der Waals surface area contributed by atoms with Crippen molar-refractivity contribution in [3.63, 3.8) is 0 Å². The molecule has 44 heavy (non-hydrogen) atoms. The molecule has 0 atom stereocenters. The number of nitrogens with zero attached hydrogens (tertiary/aromatic N) is 2. The number of ether oxygens (including phenoxy) is 2. The van der Waals surface area contributed by atoms with Crippen molar-refractivity contribution in [2.75, 3.05) is 19.6 Å². The number of halogens is 6. The lowest BCUT2D eigenvalue weighted by molar-refractivity contribution is -0.274. The molecule has 2 amide bonds. The van der Waals surface area contributed by atoms with Crippen LogP contribution in [0.15, 0.2) is 72.8 Å². The highest BCUT2D eigenvalue weighted by Crippen LogP contribution is 2.35. The van der Waals surface area contributed by atoms with Gasteiger partial charge in [-0.2, -0.15) is 13.2 Å². The van der Waals surface area contributed by atoms with Crippen molar-refractivity contribution in [3.8, 4) is 5.75 Å². The maximum atomic E-state index is 12.8. The molecule has 5 rings (SSSR count). The molecule has 1 spiro atoms. The third kappa shape index (κ3) is 8.01. The number of rotatable bonds is 8. The fraction of sp³-hybridized carbons (Fsp3) is 0.355. The Kier molecular flexibility index (Phi) is 8.78. The van der Waals surface area contributed by atoms with Gasteiger partial charge >= 0.3 is 18.6 Å². The Bertz CT molecular complexity index is 1450. The minimum absolute atomic E-state index is 0.107. The van der Waals surface area contributed by atoms with E-state index in [4.69, 9.17) is 4.74 Å². The van der Waals surface area contributed by atoms with Crippen LogP contribution in [0.2, 0.25) is 0 Å². The summed E-state index contributed by atoms with van der Waals surface area (Å²) in [6, 6.07) is 17.1. The lowest BCUT2D eigenvalue weighted by Gasteiger charge is -2.37. The van der Waals surface area contributed by atoms with Gasteiger partial charge in [0.25, 0.3) is 5.91 Å². The highest BCUT2D eigenvalue weighted by molar-refractivity contribution is 5.94. The molecule has 2 aliphatic rings. The van der Waals surface area contributed by atoms with E-state index in [0.29, 0.717) is 56.7 Å². The molecule has 0 radical (unpaired) electrons. The number of likely N-dealkylation sites (tertiary alicyclic amines) is 1. The molecule has 1 N–H and O–H groups in total. The average molecular weight is 622 g/mol. The van der Waals surface area contributed by atoms with Crippen LogP contribution in [0.5, 0.6) is 5.75 Å². The molecule has 0 aliphatic carbocycles. The van der Waals surface area contributed by atoms with E-state index in [-0.39, 0.29) is 18.2 Å². The molecule has 0 unspecified atom stereocenters. The SMILES string of the molecule is O=C(NCc1ccc(OC(F)(F)F)cc1)c1ccc(CN2CC3(CCN(Cc4ccc(C(F)(F)F)cc4)CC3)OC2=O)cc1. The molecule has 2 aliphatic heterocycles. The van der Waals surface area contributed by atoms with E-state index in [9.17, 15) is 35.9 Å². The molecule has 2 heterocycles. The summed E-state index contributed by atoms with van der Waals surface area (Å²) in [5.74, 6) is -0.715. The lowest BCUT2D eigenvalue weighted by Crippen LogP contribution is -2.46. The zero-order chi connectivity index (χ0) is 31.5. The van der Waals surface area contributed by atoms with Gasteiger partial charge < -0.3 is 14.8 Å². The van der Waals surface area contributed by atoms with Crippen LogP contribution in [-0.4, -0.2) is 53.4 Å². The Morgan fingerprint density at radius 2 is 1.39 bits per heavy atom. The summed E-state index contributed by atoms with van der Waals surface area (Å²) in [7, 11) is 0. The third-order valence-corrected chi connectivity index (χ3v) is 7.70. The molecular formula is C31H29F6N3O4. The second-order valence-corrected chi connectivity index (χ2v) is 10.9. The smallest absolute Gasteiger partial charge is 0.441 e. The topological polar surface area (TPSA) is 71.1 Å². The highest BCUT2D eigenvalue weighted by Gasteiger charge is 2.46. The summed E-state index contributed by atoms with van der Waals surface area (Å²) >= 11 is 0. The Morgan fingerprint density at radius 1 is 0.818 bits per heavy atom. The van der Waals surface area contributed by atoms with Crippen molar-refractivity contribution >= 4 is 12.0 Å². The largest absolute Gasteiger partial charge is 0.573 e. The van der Waals surface area contributed by atoms with Crippen molar-refractivity contribution in [3.05, 3.63) is 101 Å². The minimum atomic E-state index is -4.78. The summed E-state index contributed by atoms with van der Waals surface area (Å²) in [4.78, 5) is 29.0. The molecule has 13 heteroatoms. The van der Waals surface area contributed by atoms with Crippen LogP contribution in [0.4, 0.5) is 31.1 Å². The molecule has 2 fully saturated rings. The molecular weight excluding hydrogens is 592 g/mol. The van der Waals surface area contributed by atoms with Crippen LogP contribution in [0, 0.1) is 0 Å². The summed E-state index contributed by atoms with van der Waals surface area (Å²) in [5, 5.41) is 2.71. The number of carbonyl (C=O) groups excluding carboxylic acids is 2. The number of alkyl halides is 6. The van der Waals surface area contributed by atoms with Gasteiger partial charge in [0.1, 0.15) is 11.4 Å². The van der Waals surface area contributed by atoms with E-state index >= 15 is 0 Å². The van der Waals surface area contributed by atoms with Crippen molar-refractivity contribution in [1.82, 2.24) is 15.1 Å². The summed E-state index contributed by atoms with van der Waals surface area (Å²) in [6.45, 7) is 2.60. The number of nitrogens with one attached hydrogen (secondary N) is 1. The van der Waals surface area contributed by atoms with Crippen molar-refractivity contribution in [2.24, 2.45) is 0 Å². The first-order valence-corrected chi connectivity index (χ1v) is 13.9. The summed E-state index contributed by atoms with van der Waals surface area (Å²) in [6.07, 6.45) is -8.36. The highest BCUT2D eigenvalue weighted by atomic mass is 19.4. The third-order valence-electron chi connectivity index (χ3n) is 7.70. The van der Waals surface area contributed by atoms with Gasteiger partial charge in [0.2, 0.25) is 0 Å². The molecule has 0 bridgehead atoms. The molecule has 3 aromatic carbocycles. The van der Waals surface area contributed by atoms with Crippen molar-refractivity contribution in [2.45, 2.75) is 50.6 Å². The van der Waals surface area contributed by atoms with E-state index < -0.39 is 29.8 Å². The van der Waals surface area contributed by atoms with E-state index in [1.807, 2.05) is 0 Å². The van der Waals surface area contributed by atoms with E-state index in [2.05, 4.69) is 15.0 Å². The zero-order valence-corrected chi connectivity index (χ0v) is 23.4. The first-order chi connectivity index (χ1) is 20.8. The van der Waals surface area contributed by atoms with Gasteiger partial charge in [-0.25, -0.2) is 4.79 Å². The zero-order valence-electron chi connectivity index (χ0n) is 23.4. The van der Waals surface area contributed by atoms with Gasteiger partial charge in [-0.3, -0.25) is 14.6 Å². The molecule has 234 valence electrons. The number of hydrogen-bond donors (Lipinski definition) is 1. The van der Waals surface area contributed by atoms with Crippen LogP contribution < -0.4 is 10.1 Å². The predicted molar refractivity (Wildman–Crippen MR) is 146 cm³/mol. The van der Waals surface area contributed by atoms with Crippen LogP contribution in [0.1, 0.15) is 45.5 Å². The summed E-state index contributed by atoms with van der Waals surface area (Å²) in [5.41, 5.74) is 1.26. The maximum Gasteiger partial charge on any atom is 0.573 e. The van der Waals surface area contributed by atoms with Gasteiger partial charge in [0, 0.05) is 51.1 Å². The predicted octanol–water partition coefficient (Wildman–Crippen LogP) is 6.52. The number of carbonyl (C=O) groups is 2. The fourth-order valence-electron chi connectivity index (χ4n) is 5.33. The number of amides is 2. The minimum Gasteiger partial charge on any atom is -0.441 e. The molecule has 2 saturated heterocycles. The Labute approximate surface area is 249 Å². The lowest BCUT2D eigenvalue weighted by atomic mass is 9.91. The maximum absolute atomic E-state index is 12.8. The number of hydrogen-bond acceptors (Lipinski definition) is 5. The monoisotopic (exact) mass is 621 g/mol. The number of piperidine rings is 1. The molecule has 7 nitrogen and oxygen atoms in total. The molecule has 3 aromatic rings. The molecule has 0 saturated carbocycles. The van der Waals surface area contributed by atoms with E-state index in [1.54, 1.807) is 29.2 Å².